The Labute approximate surface area is 149 Å². The normalized spacial score (nSPS) is 10.5. The molecule has 0 bridgehead atoms. The van der Waals surface area contributed by atoms with Gasteiger partial charge in [-0.1, -0.05) is 35.3 Å². The van der Waals surface area contributed by atoms with E-state index in [1.807, 2.05) is 25.1 Å². The zero-order valence-electron chi connectivity index (χ0n) is 13.0. The van der Waals surface area contributed by atoms with Crippen LogP contribution in [0.5, 0.6) is 5.75 Å². The molecule has 0 aromatic heterocycles. The zero-order chi connectivity index (χ0) is 14.7. The summed E-state index contributed by atoms with van der Waals surface area (Å²) in [5.41, 5.74) is 1.34. The van der Waals surface area contributed by atoms with Crippen LogP contribution in [-0.2, 0) is 0 Å². The SMILES string of the molecule is COc1ccc(PC(=O)c2c(Cl)cccc2Cl)c(C)c1.[H-].[Li+]. The maximum absolute atomic E-state index is 12.4. The summed E-state index contributed by atoms with van der Waals surface area (Å²) in [5.74, 6) is 0.777. The maximum Gasteiger partial charge on any atom is 1.00 e. The number of rotatable bonds is 4. The molecule has 0 aliphatic heterocycles. The number of carbonyl (C=O) groups is 1. The van der Waals surface area contributed by atoms with Crippen molar-refractivity contribution in [2.75, 3.05) is 7.11 Å². The summed E-state index contributed by atoms with van der Waals surface area (Å²) in [7, 11) is 1.60. The molecule has 0 saturated heterocycles. The Hall–Kier alpha value is -0.483. The Balaban J connectivity index is 0.00000220. The number of benzene rings is 2. The molecule has 2 nitrogen and oxygen atoms in total. The van der Waals surface area contributed by atoms with Crippen molar-refractivity contribution >= 4 is 42.6 Å². The number of hydrogen-bond donors (Lipinski definition) is 0. The first-order valence-corrected chi connectivity index (χ1v) is 7.68. The number of ether oxygens (including phenoxy) is 1. The van der Waals surface area contributed by atoms with E-state index in [2.05, 4.69) is 0 Å². The minimum absolute atomic E-state index is 0. The average molecular weight is 335 g/mol. The molecular formula is C15H14Cl2LiO2P. The largest absolute Gasteiger partial charge is 1.00 e. The van der Waals surface area contributed by atoms with Crippen molar-refractivity contribution < 1.29 is 29.8 Å². The molecule has 0 heterocycles. The fourth-order valence-corrected chi connectivity index (χ4v) is 3.61. The Morgan fingerprint density at radius 2 is 1.81 bits per heavy atom. The van der Waals surface area contributed by atoms with Crippen LogP contribution in [0, 0.1) is 6.92 Å². The van der Waals surface area contributed by atoms with Crippen molar-refractivity contribution in [1.82, 2.24) is 0 Å². The van der Waals surface area contributed by atoms with Crippen LogP contribution in [0.1, 0.15) is 17.3 Å². The van der Waals surface area contributed by atoms with Crippen molar-refractivity contribution in [1.29, 1.82) is 0 Å². The first-order valence-electron chi connectivity index (χ1n) is 5.93. The van der Waals surface area contributed by atoms with E-state index in [4.69, 9.17) is 27.9 Å². The van der Waals surface area contributed by atoms with Crippen LogP contribution >= 0.6 is 31.8 Å². The number of hydrogen-bond acceptors (Lipinski definition) is 2. The molecule has 0 aliphatic carbocycles. The van der Waals surface area contributed by atoms with E-state index < -0.39 is 0 Å². The van der Waals surface area contributed by atoms with E-state index in [-0.39, 0.29) is 34.4 Å². The molecule has 0 N–H and O–H groups in total. The van der Waals surface area contributed by atoms with Crippen LogP contribution in [0.25, 0.3) is 0 Å². The average Bonchev–Trinajstić information content (AvgIpc) is 2.41. The summed E-state index contributed by atoms with van der Waals surface area (Å²) in [6.07, 6.45) is 0. The van der Waals surface area contributed by atoms with E-state index in [9.17, 15) is 4.79 Å². The minimum Gasteiger partial charge on any atom is -1.00 e. The number of halogens is 2. The number of aryl methyl sites for hydroxylation is 1. The summed E-state index contributed by atoms with van der Waals surface area (Å²) >= 11 is 12.1. The van der Waals surface area contributed by atoms with Gasteiger partial charge in [-0.05, 0) is 50.6 Å². The zero-order valence-corrected chi connectivity index (χ0v) is 14.5. The van der Waals surface area contributed by atoms with Crippen LogP contribution < -0.4 is 28.9 Å². The fraction of sp³-hybridized carbons (Fsp3) is 0.133. The first kappa shape index (κ1) is 18.6. The number of methoxy groups -OCH3 is 1. The van der Waals surface area contributed by atoms with E-state index >= 15 is 0 Å². The van der Waals surface area contributed by atoms with Gasteiger partial charge in [0.15, 0.2) is 5.52 Å². The third-order valence-corrected chi connectivity index (χ3v) is 4.81. The van der Waals surface area contributed by atoms with Crippen LogP contribution in [0.15, 0.2) is 36.4 Å². The molecule has 106 valence electrons. The van der Waals surface area contributed by atoms with Gasteiger partial charge in [-0.2, -0.15) is 0 Å². The molecular weight excluding hydrogens is 321 g/mol. The Morgan fingerprint density at radius 1 is 1.19 bits per heavy atom. The summed E-state index contributed by atoms with van der Waals surface area (Å²) < 4.78 is 5.15. The molecule has 2 aromatic rings. The van der Waals surface area contributed by atoms with Gasteiger partial charge in [0.25, 0.3) is 0 Å². The molecule has 2 aromatic carbocycles. The molecule has 0 radical (unpaired) electrons. The molecule has 0 spiro atoms. The summed E-state index contributed by atoms with van der Waals surface area (Å²) in [6.45, 7) is 1.95. The van der Waals surface area contributed by atoms with Crippen LogP contribution in [0.4, 0.5) is 0 Å². The Bertz CT molecular complexity index is 648. The molecule has 0 fully saturated rings. The van der Waals surface area contributed by atoms with Crippen molar-refractivity contribution in [2.45, 2.75) is 6.92 Å². The van der Waals surface area contributed by atoms with E-state index in [1.54, 1.807) is 25.3 Å². The van der Waals surface area contributed by atoms with Crippen LogP contribution in [-0.4, -0.2) is 12.6 Å². The third-order valence-electron chi connectivity index (χ3n) is 2.87. The summed E-state index contributed by atoms with van der Waals surface area (Å²) in [4.78, 5) is 12.4. The van der Waals surface area contributed by atoms with Gasteiger partial charge in [0.1, 0.15) is 5.75 Å². The molecule has 0 saturated carbocycles. The van der Waals surface area contributed by atoms with Crippen LogP contribution in [0.3, 0.4) is 0 Å². The second-order valence-corrected chi connectivity index (χ2v) is 6.29. The second-order valence-electron chi connectivity index (χ2n) is 4.23. The second kappa shape index (κ2) is 8.23. The molecule has 21 heavy (non-hydrogen) atoms. The monoisotopic (exact) mass is 334 g/mol. The Morgan fingerprint density at radius 3 is 2.33 bits per heavy atom. The van der Waals surface area contributed by atoms with Crippen molar-refractivity contribution in [3.05, 3.63) is 57.6 Å². The van der Waals surface area contributed by atoms with Gasteiger partial charge in [-0.3, -0.25) is 4.79 Å². The maximum atomic E-state index is 12.4. The predicted octanol–water partition coefficient (Wildman–Crippen LogP) is 1.57. The van der Waals surface area contributed by atoms with Gasteiger partial charge in [0.05, 0.1) is 22.7 Å². The van der Waals surface area contributed by atoms with E-state index in [0.717, 1.165) is 16.6 Å². The topological polar surface area (TPSA) is 26.3 Å². The summed E-state index contributed by atoms with van der Waals surface area (Å²) in [5, 5.41) is 1.74. The predicted molar refractivity (Wildman–Crippen MR) is 87.6 cm³/mol. The van der Waals surface area contributed by atoms with Crippen molar-refractivity contribution in [3.63, 3.8) is 0 Å². The molecule has 1 atom stereocenters. The molecule has 0 amide bonds. The molecule has 2 rings (SSSR count). The quantitative estimate of drug-likeness (QED) is 0.626. The van der Waals surface area contributed by atoms with Crippen LogP contribution in [0.2, 0.25) is 10.0 Å². The first-order chi connectivity index (χ1) is 9.52. The van der Waals surface area contributed by atoms with Gasteiger partial charge >= 0.3 is 18.9 Å². The molecule has 0 aliphatic rings. The molecule has 6 heteroatoms. The van der Waals surface area contributed by atoms with Crippen molar-refractivity contribution in [2.24, 2.45) is 0 Å². The Kier molecular flexibility index (Phi) is 7.28. The van der Waals surface area contributed by atoms with Gasteiger partial charge in [-0.15, -0.1) is 0 Å². The van der Waals surface area contributed by atoms with Gasteiger partial charge < -0.3 is 6.16 Å². The van der Waals surface area contributed by atoms with Gasteiger partial charge in [0.2, 0.25) is 0 Å². The number of carbonyl (C=O) groups excluding carboxylic acids is 1. The molecule has 1 unspecified atom stereocenters. The standard InChI is InChI=1S/C15H13Cl2O2P.Li.H/c1-9-8-10(19-2)6-7-13(9)20-15(18)14-11(16)4-3-5-12(14)17;;/h3-8,20H,1-2H3;;/q;+1;-1. The van der Waals surface area contributed by atoms with E-state index in [0.29, 0.717) is 15.6 Å². The summed E-state index contributed by atoms with van der Waals surface area (Å²) in [6, 6.07) is 10.7. The van der Waals surface area contributed by atoms with Gasteiger partial charge in [0, 0.05) is 0 Å². The minimum atomic E-state index is -0.0612. The smallest absolute Gasteiger partial charge is 1.00 e. The van der Waals surface area contributed by atoms with Gasteiger partial charge in [-0.25, -0.2) is 0 Å². The third kappa shape index (κ3) is 4.49. The van der Waals surface area contributed by atoms with Crippen molar-refractivity contribution in [3.8, 4) is 5.75 Å². The van der Waals surface area contributed by atoms with E-state index in [1.165, 1.54) is 0 Å². The fourth-order valence-electron chi connectivity index (χ4n) is 1.80.